The molecule has 10 nitrogen and oxygen atoms in total. The number of piperazine rings is 1. The van der Waals surface area contributed by atoms with E-state index in [4.69, 9.17) is 4.74 Å². The normalized spacial score (nSPS) is 15.3. The maximum atomic E-state index is 13.9. The standard InChI is InChI=1S/C29H37F6N7O3Si/c1-20(38-23-16-37-42(19-45-13-14-46(2,3)4)27(44)25(23)29(33,34)35)17-39-8-7-21(18-39)26(43)41-11-9-40(10-12-41)24-6-5-22(15-36-24)28(30,31)32/h5-8,15-16,18,20,38H,9-14,17,19H2,1-4H3. The summed E-state index contributed by atoms with van der Waals surface area (Å²) in [5.74, 6) is 0.137. The van der Waals surface area contributed by atoms with Crippen LogP contribution in [0.15, 0.2) is 47.8 Å². The second-order valence-corrected chi connectivity index (χ2v) is 18.0. The third kappa shape index (κ3) is 9.11. The van der Waals surface area contributed by atoms with Gasteiger partial charge < -0.3 is 24.4 Å². The van der Waals surface area contributed by atoms with E-state index in [-0.39, 0.29) is 19.2 Å². The molecule has 252 valence electrons. The van der Waals surface area contributed by atoms with E-state index in [1.54, 1.807) is 39.8 Å². The van der Waals surface area contributed by atoms with Crippen LogP contribution in [0, 0.1) is 0 Å². The van der Waals surface area contributed by atoms with Crippen LogP contribution >= 0.6 is 0 Å². The highest BCUT2D eigenvalue weighted by Crippen LogP contribution is 2.32. The molecule has 17 heteroatoms. The van der Waals surface area contributed by atoms with Crippen molar-refractivity contribution in [2.45, 2.75) is 64.3 Å². The average Bonchev–Trinajstić information content (AvgIpc) is 3.42. The fraction of sp³-hybridized carbons (Fsp3) is 0.517. The molecule has 1 amide bonds. The van der Waals surface area contributed by atoms with Crippen molar-refractivity contribution in [3.63, 3.8) is 0 Å². The van der Waals surface area contributed by atoms with Crippen molar-refractivity contribution in [1.29, 1.82) is 0 Å². The van der Waals surface area contributed by atoms with Crippen molar-refractivity contribution in [2.75, 3.05) is 43.0 Å². The van der Waals surface area contributed by atoms with Gasteiger partial charge in [0.05, 0.1) is 23.0 Å². The molecule has 1 atom stereocenters. The number of alkyl halides is 6. The van der Waals surface area contributed by atoms with Crippen molar-refractivity contribution < 1.29 is 35.9 Å². The Kier molecular flexibility index (Phi) is 10.5. The number of nitrogens with zero attached hydrogens (tertiary/aromatic N) is 6. The lowest BCUT2D eigenvalue weighted by Crippen LogP contribution is -2.49. The third-order valence-electron chi connectivity index (χ3n) is 7.39. The summed E-state index contributed by atoms with van der Waals surface area (Å²) in [7, 11) is -1.42. The highest BCUT2D eigenvalue weighted by atomic mass is 28.3. The van der Waals surface area contributed by atoms with Gasteiger partial charge >= 0.3 is 12.4 Å². The minimum Gasteiger partial charge on any atom is -0.379 e. The van der Waals surface area contributed by atoms with E-state index in [1.165, 1.54) is 6.07 Å². The van der Waals surface area contributed by atoms with Gasteiger partial charge in [-0.2, -0.15) is 31.4 Å². The molecule has 0 saturated carbocycles. The molecular formula is C29H37F6N7O3Si. The number of carbonyl (C=O) groups excluding carboxylic acids is 1. The number of ether oxygens (including phenoxy) is 1. The van der Waals surface area contributed by atoms with Gasteiger partial charge in [0.15, 0.2) is 0 Å². The molecule has 1 saturated heterocycles. The summed E-state index contributed by atoms with van der Waals surface area (Å²) in [5.41, 5.74) is -3.58. The third-order valence-corrected chi connectivity index (χ3v) is 9.09. The van der Waals surface area contributed by atoms with Gasteiger partial charge in [0.1, 0.15) is 18.1 Å². The Morgan fingerprint density at radius 3 is 2.30 bits per heavy atom. The Hall–Kier alpha value is -3.86. The summed E-state index contributed by atoms with van der Waals surface area (Å²) in [6.07, 6.45) is -4.44. The van der Waals surface area contributed by atoms with Crippen LogP contribution in [0.25, 0.3) is 0 Å². The van der Waals surface area contributed by atoms with E-state index in [0.29, 0.717) is 48.8 Å². The zero-order valence-electron chi connectivity index (χ0n) is 26.0. The molecule has 1 aliphatic heterocycles. The number of pyridine rings is 1. The van der Waals surface area contributed by atoms with Crippen LogP contribution in [-0.4, -0.2) is 77.0 Å². The number of hydrogen-bond donors (Lipinski definition) is 1. The minimum atomic E-state index is -4.93. The van der Waals surface area contributed by atoms with Gasteiger partial charge in [0.25, 0.3) is 11.5 Å². The van der Waals surface area contributed by atoms with Crippen molar-refractivity contribution in [2.24, 2.45) is 0 Å². The van der Waals surface area contributed by atoms with Gasteiger partial charge in [0.2, 0.25) is 0 Å². The van der Waals surface area contributed by atoms with Crippen molar-refractivity contribution in [1.82, 2.24) is 24.2 Å². The molecule has 3 aromatic rings. The van der Waals surface area contributed by atoms with Crippen LogP contribution < -0.4 is 15.8 Å². The molecule has 4 rings (SSSR count). The van der Waals surface area contributed by atoms with E-state index in [0.717, 1.165) is 24.5 Å². The second kappa shape index (κ2) is 13.9. The number of aromatic nitrogens is 4. The van der Waals surface area contributed by atoms with Gasteiger partial charge in [0, 0.05) is 72.0 Å². The molecular weight excluding hydrogens is 636 g/mol. The summed E-state index contributed by atoms with van der Waals surface area (Å²) < 4.78 is 88.1. The first-order valence-corrected chi connectivity index (χ1v) is 18.4. The Morgan fingerprint density at radius 2 is 1.72 bits per heavy atom. The number of hydrogen-bond acceptors (Lipinski definition) is 7. The molecule has 1 fully saturated rings. The number of nitrogens with one attached hydrogen (secondary N) is 1. The zero-order chi connectivity index (χ0) is 33.9. The van der Waals surface area contributed by atoms with Crippen LogP contribution in [0.1, 0.15) is 28.4 Å². The van der Waals surface area contributed by atoms with Crippen molar-refractivity contribution in [3.8, 4) is 0 Å². The van der Waals surface area contributed by atoms with E-state index in [1.807, 2.05) is 0 Å². The first-order chi connectivity index (χ1) is 21.4. The summed E-state index contributed by atoms with van der Waals surface area (Å²) in [5, 5.41) is 6.62. The number of rotatable bonds is 11. The Labute approximate surface area is 263 Å². The van der Waals surface area contributed by atoms with Crippen LogP contribution in [0.4, 0.5) is 37.8 Å². The maximum absolute atomic E-state index is 13.9. The lowest BCUT2D eigenvalue weighted by atomic mass is 10.2. The number of anilines is 2. The Balaban J connectivity index is 1.34. The fourth-order valence-corrected chi connectivity index (χ4v) is 5.62. The lowest BCUT2D eigenvalue weighted by molar-refractivity contribution is -0.139. The smallest absolute Gasteiger partial charge is 0.379 e. The molecule has 0 spiro atoms. The maximum Gasteiger partial charge on any atom is 0.423 e. The number of carbonyl (C=O) groups is 1. The summed E-state index contributed by atoms with van der Waals surface area (Å²) in [6, 6.07) is 4.09. The summed E-state index contributed by atoms with van der Waals surface area (Å²) >= 11 is 0. The first kappa shape index (κ1) is 35.0. The fourth-order valence-electron chi connectivity index (χ4n) is 4.86. The molecule has 0 aromatic carbocycles. The highest BCUT2D eigenvalue weighted by Gasteiger charge is 2.38. The molecule has 1 aliphatic rings. The van der Waals surface area contributed by atoms with Crippen LogP contribution in [-0.2, 0) is 30.4 Å². The molecule has 4 heterocycles. The van der Waals surface area contributed by atoms with Gasteiger partial charge in [-0.3, -0.25) is 9.59 Å². The molecule has 1 N–H and O–H groups in total. The Bertz CT molecular complexity index is 1540. The van der Waals surface area contributed by atoms with E-state index >= 15 is 0 Å². The second-order valence-electron chi connectivity index (χ2n) is 12.4. The predicted molar refractivity (Wildman–Crippen MR) is 162 cm³/mol. The summed E-state index contributed by atoms with van der Waals surface area (Å²) in [4.78, 5) is 33.2. The van der Waals surface area contributed by atoms with Gasteiger partial charge in [-0.25, -0.2) is 9.67 Å². The van der Waals surface area contributed by atoms with E-state index < -0.39 is 48.8 Å². The predicted octanol–water partition coefficient (Wildman–Crippen LogP) is 5.25. The minimum absolute atomic E-state index is 0.181. The Morgan fingerprint density at radius 1 is 1.02 bits per heavy atom. The molecule has 0 aliphatic carbocycles. The quantitative estimate of drug-likeness (QED) is 0.169. The topological polar surface area (TPSA) is 97.5 Å². The summed E-state index contributed by atoms with van der Waals surface area (Å²) in [6.45, 7) is 9.56. The lowest BCUT2D eigenvalue weighted by Gasteiger charge is -2.35. The molecule has 1 unspecified atom stereocenters. The molecule has 0 bridgehead atoms. The average molecular weight is 674 g/mol. The highest BCUT2D eigenvalue weighted by molar-refractivity contribution is 6.76. The van der Waals surface area contributed by atoms with Gasteiger partial charge in [-0.15, -0.1) is 0 Å². The largest absolute Gasteiger partial charge is 0.423 e. The van der Waals surface area contributed by atoms with Gasteiger partial charge in [-0.05, 0) is 31.2 Å². The van der Waals surface area contributed by atoms with Crippen molar-refractivity contribution in [3.05, 3.63) is 70.0 Å². The van der Waals surface area contributed by atoms with Gasteiger partial charge in [-0.1, -0.05) is 19.6 Å². The molecule has 0 radical (unpaired) electrons. The molecule has 3 aromatic heterocycles. The molecule has 46 heavy (non-hydrogen) atoms. The van der Waals surface area contributed by atoms with E-state index in [2.05, 4.69) is 35.0 Å². The monoisotopic (exact) mass is 673 g/mol. The van der Waals surface area contributed by atoms with Crippen molar-refractivity contribution >= 4 is 25.5 Å². The van der Waals surface area contributed by atoms with Crippen LogP contribution in [0.3, 0.4) is 0 Å². The SMILES string of the molecule is CC(Cn1ccc(C(=O)N2CCN(c3ccc(C(F)(F)F)cn3)CC2)c1)Nc1cnn(COCC[Si](C)(C)C)c(=O)c1C(F)(F)F. The number of halogens is 6. The number of amides is 1. The van der Waals surface area contributed by atoms with Crippen LogP contribution in [0.2, 0.25) is 25.7 Å². The first-order valence-electron chi connectivity index (χ1n) is 14.7. The zero-order valence-corrected chi connectivity index (χ0v) is 27.0. The van der Waals surface area contributed by atoms with E-state index in [9.17, 15) is 35.9 Å². The van der Waals surface area contributed by atoms with Crippen LogP contribution in [0.5, 0.6) is 0 Å².